The first-order valence-corrected chi connectivity index (χ1v) is 16.7. The summed E-state index contributed by atoms with van der Waals surface area (Å²) in [5.41, 5.74) is 11.5. The van der Waals surface area contributed by atoms with Gasteiger partial charge in [0.05, 0.1) is 11.0 Å². The second-order valence-electron chi connectivity index (χ2n) is 12.5. The summed E-state index contributed by atoms with van der Waals surface area (Å²) in [6.07, 6.45) is 0. The van der Waals surface area contributed by atoms with E-state index in [1.165, 1.54) is 103 Å². The van der Waals surface area contributed by atoms with E-state index in [2.05, 4.69) is 156 Å². The summed E-state index contributed by atoms with van der Waals surface area (Å²) >= 11 is 1.88. The number of nitrogens with zero attached hydrogens (tertiary/aromatic N) is 1. The smallest absolute Gasteiger partial charge is 0.0547 e. The Morgan fingerprint density at radius 2 is 1.04 bits per heavy atom. The third-order valence-corrected chi connectivity index (χ3v) is 11.2. The normalized spacial score (nSPS) is 12.3. The summed E-state index contributed by atoms with van der Waals surface area (Å²) < 4.78 is 5.14. The molecule has 2 heterocycles. The predicted molar refractivity (Wildman–Crippen MR) is 199 cm³/mol. The van der Waals surface area contributed by atoms with E-state index < -0.39 is 0 Å². The van der Waals surface area contributed by atoms with Crippen molar-refractivity contribution in [3.05, 3.63) is 152 Å². The zero-order valence-electron chi connectivity index (χ0n) is 24.8. The molecule has 0 bridgehead atoms. The number of thiophene rings is 1. The molecule has 0 spiro atoms. The highest BCUT2D eigenvalue weighted by molar-refractivity contribution is 7.25. The van der Waals surface area contributed by atoms with Gasteiger partial charge in [-0.3, -0.25) is 0 Å². The lowest BCUT2D eigenvalue weighted by Crippen LogP contribution is -1.94. The molecule has 0 aliphatic heterocycles. The molecule has 0 N–H and O–H groups in total. The molecule has 0 saturated carbocycles. The fraction of sp³-hybridized carbons (Fsp3) is 0. The van der Waals surface area contributed by atoms with E-state index in [1.807, 2.05) is 11.3 Å². The minimum atomic E-state index is 1.18. The van der Waals surface area contributed by atoms with Crippen LogP contribution in [0.25, 0.3) is 103 Å². The van der Waals surface area contributed by atoms with Crippen molar-refractivity contribution in [2.75, 3.05) is 0 Å². The zero-order chi connectivity index (χ0) is 29.9. The van der Waals surface area contributed by atoms with Crippen molar-refractivity contribution < 1.29 is 0 Å². The van der Waals surface area contributed by atoms with Gasteiger partial charge in [-0.1, -0.05) is 103 Å². The lowest BCUT2D eigenvalue weighted by atomic mass is 9.94. The van der Waals surface area contributed by atoms with E-state index in [-0.39, 0.29) is 0 Å². The highest BCUT2D eigenvalue weighted by Crippen LogP contribution is 2.49. The molecule has 2 heteroatoms. The molecule has 0 saturated heterocycles. The number of rotatable bonds is 2. The topological polar surface area (TPSA) is 4.93 Å². The van der Waals surface area contributed by atoms with Crippen molar-refractivity contribution >= 4 is 74.9 Å². The Kier molecular flexibility index (Phi) is 4.78. The average Bonchev–Trinajstić information content (AvgIpc) is 3.75. The predicted octanol–water partition coefficient (Wildman–Crippen LogP) is 12.8. The van der Waals surface area contributed by atoms with Gasteiger partial charge < -0.3 is 4.57 Å². The third-order valence-electron chi connectivity index (χ3n) is 10.1. The monoisotopic (exact) mass is 599 g/mol. The summed E-state index contributed by atoms with van der Waals surface area (Å²) in [6.45, 7) is 0. The van der Waals surface area contributed by atoms with E-state index in [1.54, 1.807) is 0 Å². The van der Waals surface area contributed by atoms with Gasteiger partial charge in [0, 0.05) is 36.6 Å². The van der Waals surface area contributed by atoms with Gasteiger partial charge in [0.1, 0.15) is 0 Å². The minimum Gasteiger partial charge on any atom is -0.309 e. The molecular formula is C44H25NS. The Morgan fingerprint density at radius 1 is 0.370 bits per heavy atom. The van der Waals surface area contributed by atoms with E-state index >= 15 is 0 Å². The highest BCUT2D eigenvalue weighted by Gasteiger charge is 2.22. The number of para-hydroxylation sites is 1. The van der Waals surface area contributed by atoms with Gasteiger partial charge in [-0.05, 0) is 103 Å². The Balaban J connectivity index is 1.15. The highest BCUT2D eigenvalue weighted by atomic mass is 32.1. The van der Waals surface area contributed by atoms with Crippen LogP contribution in [0.4, 0.5) is 0 Å². The summed E-state index contributed by atoms with van der Waals surface area (Å²) in [5.74, 6) is 0. The van der Waals surface area contributed by atoms with Crippen molar-refractivity contribution in [1.29, 1.82) is 0 Å². The lowest BCUT2D eigenvalue weighted by Gasteiger charge is -2.13. The number of fused-ring (bicyclic) bond motifs is 10. The van der Waals surface area contributed by atoms with E-state index in [9.17, 15) is 0 Å². The number of aromatic nitrogens is 1. The van der Waals surface area contributed by atoms with Gasteiger partial charge in [-0.2, -0.15) is 0 Å². The third kappa shape index (κ3) is 3.24. The van der Waals surface area contributed by atoms with Gasteiger partial charge in [0.2, 0.25) is 0 Å². The lowest BCUT2D eigenvalue weighted by molar-refractivity contribution is 1.18. The molecule has 11 rings (SSSR count). The maximum absolute atomic E-state index is 2.46. The first-order valence-electron chi connectivity index (χ1n) is 15.8. The van der Waals surface area contributed by atoms with Crippen molar-refractivity contribution in [3.63, 3.8) is 0 Å². The Hall–Kier alpha value is -5.70. The van der Waals surface area contributed by atoms with Crippen molar-refractivity contribution in [3.8, 4) is 39.1 Å². The van der Waals surface area contributed by atoms with Crippen LogP contribution in [-0.4, -0.2) is 4.57 Å². The number of hydrogen-bond acceptors (Lipinski definition) is 1. The minimum absolute atomic E-state index is 1.18. The summed E-state index contributed by atoms with van der Waals surface area (Å²) in [6, 6.07) is 56.5. The zero-order valence-corrected chi connectivity index (χ0v) is 25.6. The van der Waals surface area contributed by atoms with Crippen LogP contribution in [0.5, 0.6) is 0 Å². The van der Waals surface area contributed by atoms with Crippen molar-refractivity contribution in [1.82, 2.24) is 4.57 Å². The molecule has 1 nitrogen and oxygen atoms in total. The first kappa shape index (κ1) is 24.6. The Bertz CT molecular complexity index is 2890. The summed E-state index contributed by atoms with van der Waals surface area (Å²) in [4.78, 5) is 0. The molecule has 0 atom stereocenters. The van der Waals surface area contributed by atoms with E-state index in [0.717, 1.165) is 0 Å². The van der Waals surface area contributed by atoms with Crippen LogP contribution in [0.2, 0.25) is 0 Å². The summed E-state index contributed by atoms with van der Waals surface area (Å²) in [7, 11) is 0. The molecule has 0 radical (unpaired) electrons. The van der Waals surface area contributed by atoms with Gasteiger partial charge in [0.15, 0.2) is 0 Å². The maximum Gasteiger partial charge on any atom is 0.0547 e. The molecule has 212 valence electrons. The quantitative estimate of drug-likeness (QED) is 0.186. The molecule has 8 aromatic carbocycles. The maximum atomic E-state index is 2.46. The van der Waals surface area contributed by atoms with Crippen LogP contribution < -0.4 is 0 Å². The van der Waals surface area contributed by atoms with Crippen LogP contribution in [0, 0.1) is 0 Å². The first-order chi connectivity index (χ1) is 22.8. The summed E-state index contributed by atoms with van der Waals surface area (Å²) in [5, 5.41) is 10.5. The van der Waals surface area contributed by atoms with Crippen molar-refractivity contribution in [2.45, 2.75) is 0 Å². The average molecular weight is 600 g/mol. The Morgan fingerprint density at radius 3 is 1.96 bits per heavy atom. The fourth-order valence-corrected chi connectivity index (χ4v) is 9.22. The SMILES string of the molecule is c1cc(-c2ccc3c4c(cccc24)-c2ccccc2-3)cc(-n2c3ccccc3c3cc4cc5c(cc4cc32)sc2ccccc25)c1. The van der Waals surface area contributed by atoms with Crippen molar-refractivity contribution in [2.24, 2.45) is 0 Å². The van der Waals surface area contributed by atoms with Crippen LogP contribution in [0.3, 0.4) is 0 Å². The van der Waals surface area contributed by atoms with Crippen LogP contribution in [-0.2, 0) is 0 Å². The standard InChI is InChI=1S/C44H25NS/c1-2-12-32-31(11-1)36-16-8-15-35-30(19-20-37(32)44(35)36)26-9-7-10-29(21-26)45-40-17-5-3-13-33(40)38-22-27-23-39-34-14-4-6-18-42(34)46-43(39)25-28(27)24-41(38)45/h1-25H. The van der Waals surface area contributed by atoms with E-state index in [0.29, 0.717) is 0 Å². The molecule has 0 unspecified atom stereocenters. The molecule has 0 amide bonds. The number of hydrogen-bond donors (Lipinski definition) is 0. The Labute approximate surface area is 269 Å². The number of benzene rings is 8. The molecule has 1 aliphatic carbocycles. The van der Waals surface area contributed by atoms with E-state index in [4.69, 9.17) is 0 Å². The second-order valence-corrected chi connectivity index (χ2v) is 13.6. The largest absolute Gasteiger partial charge is 0.309 e. The second kappa shape index (κ2) is 8.94. The van der Waals surface area contributed by atoms with Crippen LogP contribution in [0.1, 0.15) is 0 Å². The molecule has 2 aromatic heterocycles. The molecule has 1 aliphatic rings. The molecular weight excluding hydrogens is 575 g/mol. The van der Waals surface area contributed by atoms with Gasteiger partial charge in [-0.25, -0.2) is 0 Å². The molecule has 46 heavy (non-hydrogen) atoms. The van der Waals surface area contributed by atoms with Gasteiger partial charge in [-0.15, -0.1) is 11.3 Å². The molecule has 10 aromatic rings. The van der Waals surface area contributed by atoms with Gasteiger partial charge >= 0.3 is 0 Å². The van der Waals surface area contributed by atoms with Crippen LogP contribution in [0.15, 0.2) is 152 Å². The molecule has 0 fully saturated rings. The fourth-order valence-electron chi connectivity index (χ4n) is 8.09. The van der Waals surface area contributed by atoms with Gasteiger partial charge in [0.25, 0.3) is 0 Å². The van der Waals surface area contributed by atoms with Crippen LogP contribution >= 0.6 is 11.3 Å².